The van der Waals surface area contributed by atoms with E-state index in [4.69, 9.17) is 27.9 Å². The van der Waals surface area contributed by atoms with Gasteiger partial charge in [0.1, 0.15) is 11.5 Å². The molecule has 2 N–H and O–H groups in total. The molecule has 1 saturated carbocycles. The largest absolute Gasteiger partial charge is 0.508 e. The molecule has 0 spiro atoms. The van der Waals surface area contributed by atoms with Crippen LogP contribution in [0.4, 0.5) is 0 Å². The van der Waals surface area contributed by atoms with Gasteiger partial charge in [0.15, 0.2) is 5.75 Å². The SMILES string of the molecule is COc1c(Cl)cc(/C(O)=C2\C(=O)C(=O)N(C3CCCCC3)C2c2ccc(O)cc2)cc1Cl. The molecular weight excluding hydrogens is 453 g/mol. The zero-order valence-corrected chi connectivity index (χ0v) is 19.0. The second-order valence-corrected chi connectivity index (χ2v) is 8.88. The number of likely N-dealkylation sites (tertiary alicyclic amines) is 1. The molecule has 2 aromatic carbocycles. The third-order valence-corrected chi connectivity index (χ3v) is 6.69. The molecule has 1 aliphatic heterocycles. The molecule has 1 aliphatic carbocycles. The average molecular weight is 476 g/mol. The molecule has 0 aromatic heterocycles. The number of amides is 1. The number of hydrogen-bond donors (Lipinski definition) is 2. The first kappa shape index (κ1) is 22.5. The zero-order chi connectivity index (χ0) is 23.0. The Balaban J connectivity index is 1.89. The number of hydrogen-bond acceptors (Lipinski definition) is 5. The van der Waals surface area contributed by atoms with Gasteiger partial charge < -0.3 is 19.8 Å². The minimum atomic E-state index is -0.779. The number of methoxy groups -OCH3 is 1. The second kappa shape index (κ2) is 9.04. The van der Waals surface area contributed by atoms with E-state index in [-0.39, 0.29) is 44.5 Å². The van der Waals surface area contributed by atoms with Gasteiger partial charge in [0, 0.05) is 11.6 Å². The molecule has 0 bridgehead atoms. The van der Waals surface area contributed by atoms with E-state index in [9.17, 15) is 19.8 Å². The quantitative estimate of drug-likeness (QED) is 0.348. The molecule has 32 heavy (non-hydrogen) atoms. The van der Waals surface area contributed by atoms with Gasteiger partial charge in [-0.05, 0) is 42.7 Å². The predicted molar refractivity (Wildman–Crippen MR) is 122 cm³/mol. The number of halogens is 2. The van der Waals surface area contributed by atoms with E-state index in [1.54, 1.807) is 17.0 Å². The second-order valence-electron chi connectivity index (χ2n) is 8.06. The van der Waals surface area contributed by atoms with E-state index in [1.165, 1.54) is 31.4 Å². The van der Waals surface area contributed by atoms with Crippen molar-refractivity contribution in [1.29, 1.82) is 0 Å². The number of aliphatic hydroxyl groups excluding tert-OH is 1. The van der Waals surface area contributed by atoms with Crippen LogP contribution >= 0.6 is 23.2 Å². The normalized spacial score (nSPS) is 21.2. The number of Topliss-reactive ketones (excluding diaryl/α,β-unsaturated/α-hetero) is 1. The number of aliphatic hydroxyl groups is 1. The van der Waals surface area contributed by atoms with Gasteiger partial charge in [-0.15, -0.1) is 0 Å². The summed E-state index contributed by atoms with van der Waals surface area (Å²) in [6, 6.07) is 8.32. The van der Waals surface area contributed by atoms with Crippen molar-refractivity contribution in [3.8, 4) is 11.5 Å². The van der Waals surface area contributed by atoms with Gasteiger partial charge in [0.05, 0.1) is 28.8 Å². The molecule has 2 aromatic rings. The van der Waals surface area contributed by atoms with Crippen LogP contribution in [-0.2, 0) is 9.59 Å². The van der Waals surface area contributed by atoms with Gasteiger partial charge in [0.25, 0.3) is 11.7 Å². The zero-order valence-electron chi connectivity index (χ0n) is 17.5. The van der Waals surface area contributed by atoms with E-state index in [2.05, 4.69) is 0 Å². The Morgan fingerprint density at radius 1 is 1.03 bits per heavy atom. The lowest BCUT2D eigenvalue weighted by molar-refractivity contribution is -0.141. The number of phenols is 1. The van der Waals surface area contributed by atoms with Crippen LogP contribution in [0.25, 0.3) is 5.76 Å². The summed E-state index contributed by atoms with van der Waals surface area (Å²) in [6.07, 6.45) is 4.62. The highest BCUT2D eigenvalue weighted by Crippen LogP contribution is 2.44. The average Bonchev–Trinajstić information content (AvgIpc) is 3.04. The summed E-state index contributed by atoms with van der Waals surface area (Å²) in [5.74, 6) is -1.43. The Morgan fingerprint density at radius 3 is 2.19 bits per heavy atom. The monoisotopic (exact) mass is 475 g/mol. The maximum absolute atomic E-state index is 13.2. The number of benzene rings is 2. The summed E-state index contributed by atoms with van der Waals surface area (Å²) in [4.78, 5) is 27.9. The number of ketones is 1. The summed E-state index contributed by atoms with van der Waals surface area (Å²) in [7, 11) is 1.42. The maximum Gasteiger partial charge on any atom is 0.295 e. The van der Waals surface area contributed by atoms with Gasteiger partial charge in [0.2, 0.25) is 0 Å². The first-order valence-electron chi connectivity index (χ1n) is 10.5. The molecule has 1 heterocycles. The summed E-state index contributed by atoms with van der Waals surface area (Å²) in [6.45, 7) is 0. The number of aromatic hydroxyl groups is 1. The smallest absolute Gasteiger partial charge is 0.295 e. The van der Waals surface area contributed by atoms with Gasteiger partial charge in [-0.2, -0.15) is 0 Å². The molecule has 1 amide bonds. The molecule has 1 saturated heterocycles. The van der Waals surface area contributed by atoms with Crippen LogP contribution in [0.1, 0.15) is 49.3 Å². The first-order chi connectivity index (χ1) is 15.3. The van der Waals surface area contributed by atoms with E-state index in [0.717, 1.165) is 32.1 Å². The number of carbonyl (C=O) groups is 2. The molecular formula is C24H23Cl2NO5. The van der Waals surface area contributed by atoms with Gasteiger partial charge in [-0.3, -0.25) is 9.59 Å². The molecule has 0 radical (unpaired) electrons. The number of rotatable bonds is 4. The fourth-order valence-corrected chi connectivity index (χ4v) is 5.26. The molecule has 8 heteroatoms. The minimum absolute atomic E-state index is 0.0245. The number of carbonyl (C=O) groups excluding carboxylic acids is 2. The van der Waals surface area contributed by atoms with E-state index >= 15 is 0 Å². The van der Waals surface area contributed by atoms with Crippen LogP contribution in [0.2, 0.25) is 10.0 Å². The number of nitrogens with zero attached hydrogens (tertiary/aromatic N) is 1. The molecule has 2 fully saturated rings. The molecule has 6 nitrogen and oxygen atoms in total. The van der Waals surface area contributed by atoms with Crippen LogP contribution in [0.5, 0.6) is 11.5 Å². The van der Waals surface area contributed by atoms with Crippen molar-refractivity contribution in [3.63, 3.8) is 0 Å². The Morgan fingerprint density at radius 2 is 1.62 bits per heavy atom. The third-order valence-electron chi connectivity index (χ3n) is 6.13. The van der Waals surface area contributed by atoms with Crippen LogP contribution in [0.3, 0.4) is 0 Å². The molecule has 2 aliphatic rings. The van der Waals surface area contributed by atoms with Crippen LogP contribution in [0.15, 0.2) is 42.0 Å². The minimum Gasteiger partial charge on any atom is -0.508 e. The Bertz CT molecular complexity index is 1070. The van der Waals surface area contributed by atoms with Gasteiger partial charge in [-0.25, -0.2) is 0 Å². The van der Waals surface area contributed by atoms with E-state index < -0.39 is 17.7 Å². The van der Waals surface area contributed by atoms with E-state index in [1.807, 2.05) is 0 Å². The van der Waals surface area contributed by atoms with Crippen molar-refractivity contribution >= 4 is 40.7 Å². The van der Waals surface area contributed by atoms with Gasteiger partial charge >= 0.3 is 0 Å². The lowest BCUT2D eigenvalue weighted by Crippen LogP contribution is -2.40. The van der Waals surface area contributed by atoms with E-state index in [0.29, 0.717) is 5.56 Å². The fourth-order valence-electron chi connectivity index (χ4n) is 4.62. The van der Waals surface area contributed by atoms with Crippen molar-refractivity contribution in [1.82, 2.24) is 4.90 Å². The van der Waals surface area contributed by atoms with Crippen molar-refractivity contribution < 1.29 is 24.5 Å². The molecule has 1 unspecified atom stereocenters. The highest BCUT2D eigenvalue weighted by Gasteiger charge is 2.48. The predicted octanol–water partition coefficient (Wildman–Crippen LogP) is 5.46. The Kier molecular flexibility index (Phi) is 6.35. The summed E-state index contributed by atoms with van der Waals surface area (Å²) < 4.78 is 5.16. The molecule has 4 rings (SSSR count). The Labute approximate surface area is 196 Å². The van der Waals surface area contributed by atoms with Crippen LogP contribution < -0.4 is 4.74 Å². The topological polar surface area (TPSA) is 87.1 Å². The summed E-state index contributed by atoms with van der Waals surface area (Å²) >= 11 is 12.5. The number of ether oxygens (including phenoxy) is 1. The van der Waals surface area contributed by atoms with Crippen molar-refractivity contribution in [3.05, 3.63) is 63.1 Å². The van der Waals surface area contributed by atoms with Gasteiger partial charge in [-0.1, -0.05) is 54.6 Å². The standard InChI is InChI=1S/C24H23Cl2NO5/c1-32-23-17(25)11-14(12-18(23)26)21(29)19-20(13-7-9-16(28)10-8-13)27(24(31)22(19)30)15-5-3-2-4-6-15/h7-12,15,20,28-29H,2-6H2,1H3/b21-19+. The van der Waals surface area contributed by atoms with Crippen molar-refractivity contribution in [2.75, 3.05) is 7.11 Å². The van der Waals surface area contributed by atoms with Crippen LogP contribution in [0, 0.1) is 0 Å². The molecule has 1 atom stereocenters. The highest BCUT2D eigenvalue weighted by molar-refractivity contribution is 6.47. The highest BCUT2D eigenvalue weighted by atomic mass is 35.5. The van der Waals surface area contributed by atoms with Crippen LogP contribution in [-0.4, -0.2) is 40.0 Å². The number of phenolic OH excluding ortho intramolecular Hbond substituents is 1. The Hall–Kier alpha value is -2.70. The lowest BCUT2D eigenvalue weighted by atomic mass is 9.91. The summed E-state index contributed by atoms with van der Waals surface area (Å²) in [5.41, 5.74) is 0.814. The van der Waals surface area contributed by atoms with Crippen molar-refractivity contribution in [2.24, 2.45) is 0 Å². The fraction of sp³-hybridized carbons (Fsp3) is 0.333. The third kappa shape index (κ3) is 3.93. The molecule has 168 valence electrons. The van der Waals surface area contributed by atoms with Crippen molar-refractivity contribution in [2.45, 2.75) is 44.2 Å². The lowest BCUT2D eigenvalue weighted by Gasteiger charge is -2.35. The maximum atomic E-state index is 13.2. The summed E-state index contributed by atoms with van der Waals surface area (Å²) in [5, 5.41) is 21.3. The first-order valence-corrected chi connectivity index (χ1v) is 11.2.